The Morgan fingerprint density at radius 1 is 1.60 bits per heavy atom. The van der Waals surface area contributed by atoms with Gasteiger partial charge < -0.3 is 9.84 Å². The third-order valence-corrected chi connectivity index (χ3v) is 2.21. The monoisotopic (exact) mass is 212 g/mol. The van der Waals surface area contributed by atoms with E-state index >= 15 is 0 Å². The Hall–Kier alpha value is -1.58. The summed E-state index contributed by atoms with van der Waals surface area (Å²) in [5, 5.41) is 8.64. The number of aliphatic carboxylic acids is 1. The highest BCUT2D eigenvalue weighted by Gasteiger charge is 2.17. The zero-order chi connectivity index (χ0) is 11.4. The Bertz CT molecular complexity index is 363. The normalized spacial score (nSPS) is 12.2. The zero-order valence-corrected chi connectivity index (χ0v) is 8.66. The summed E-state index contributed by atoms with van der Waals surface area (Å²) in [5.41, 5.74) is 0.583. The molecule has 0 spiro atoms. The van der Waals surface area contributed by atoms with Gasteiger partial charge in [0.25, 0.3) is 0 Å². The second kappa shape index (κ2) is 4.77. The summed E-state index contributed by atoms with van der Waals surface area (Å²) in [5.74, 6) is -1.51. The lowest BCUT2D eigenvalue weighted by atomic mass is 9.97. The molecule has 0 saturated carbocycles. The molecule has 0 saturated heterocycles. The minimum atomic E-state index is -0.909. The number of para-hydroxylation sites is 1. The lowest BCUT2D eigenvalue weighted by Gasteiger charge is -2.14. The topological polar surface area (TPSA) is 46.5 Å². The average molecular weight is 212 g/mol. The van der Waals surface area contributed by atoms with E-state index in [1.807, 2.05) is 0 Å². The summed E-state index contributed by atoms with van der Waals surface area (Å²) < 4.78 is 18.2. The Morgan fingerprint density at radius 3 is 2.80 bits per heavy atom. The van der Waals surface area contributed by atoms with E-state index in [-0.39, 0.29) is 18.1 Å². The molecule has 0 aliphatic carbocycles. The largest absolute Gasteiger partial charge is 0.493 e. The van der Waals surface area contributed by atoms with Crippen molar-refractivity contribution in [2.24, 2.45) is 0 Å². The van der Waals surface area contributed by atoms with Crippen LogP contribution in [0, 0.1) is 5.82 Å². The van der Waals surface area contributed by atoms with Gasteiger partial charge in [0.05, 0.1) is 13.5 Å². The Morgan fingerprint density at radius 2 is 2.27 bits per heavy atom. The van der Waals surface area contributed by atoms with E-state index in [9.17, 15) is 9.18 Å². The molecule has 0 aliphatic rings. The Balaban J connectivity index is 3.02. The van der Waals surface area contributed by atoms with Crippen molar-refractivity contribution in [1.82, 2.24) is 0 Å². The first kappa shape index (κ1) is 11.5. The van der Waals surface area contributed by atoms with Gasteiger partial charge in [-0.15, -0.1) is 0 Å². The van der Waals surface area contributed by atoms with Crippen LogP contribution in [0.25, 0.3) is 0 Å². The van der Waals surface area contributed by atoms with Crippen molar-refractivity contribution in [3.05, 3.63) is 29.6 Å². The number of halogens is 1. The average Bonchev–Trinajstić information content (AvgIpc) is 2.16. The number of benzene rings is 1. The summed E-state index contributed by atoms with van der Waals surface area (Å²) >= 11 is 0. The number of carbonyl (C=O) groups is 1. The summed E-state index contributed by atoms with van der Waals surface area (Å²) in [7, 11) is 1.37. The molecule has 0 aromatic heterocycles. The first-order chi connectivity index (χ1) is 7.06. The van der Waals surface area contributed by atoms with Gasteiger partial charge in [-0.1, -0.05) is 19.1 Å². The fourth-order valence-corrected chi connectivity index (χ4v) is 1.50. The van der Waals surface area contributed by atoms with E-state index in [0.29, 0.717) is 5.56 Å². The van der Waals surface area contributed by atoms with Gasteiger partial charge in [0, 0.05) is 5.56 Å². The fourth-order valence-electron chi connectivity index (χ4n) is 1.50. The molecule has 0 fully saturated rings. The van der Waals surface area contributed by atoms with Crippen LogP contribution >= 0.6 is 0 Å². The Labute approximate surface area is 87.5 Å². The van der Waals surface area contributed by atoms with E-state index in [0.717, 1.165) is 0 Å². The van der Waals surface area contributed by atoms with Gasteiger partial charge in [-0.05, 0) is 12.0 Å². The van der Waals surface area contributed by atoms with Crippen molar-refractivity contribution in [3.8, 4) is 5.75 Å². The van der Waals surface area contributed by atoms with Gasteiger partial charge in [-0.25, -0.2) is 4.39 Å². The van der Waals surface area contributed by atoms with Crippen molar-refractivity contribution in [2.75, 3.05) is 7.11 Å². The molecule has 3 nitrogen and oxygen atoms in total. The smallest absolute Gasteiger partial charge is 0.303 e. The van der Waals surface area contributed by atoms with Crippen LogP contribution in [0.3, 0.4) is 0 Å². The molecule has 82 valence electrons. The van der Waals surface area contributed by atoms with Crippen molar-refractivity contribution in [2.45, 2.75) is 19.3 Å². The number of carboxylic acid groups (broad SMARTS) is 1. The second-order valence-electron chi connectivity index (χ2n) is 3.36. The molecule has 1 atom stereocenters. The summed E-state index contributed by atoms with van der Waals surface area (Å²) in [6, 6.07) is 4.51. The standard InChI is InChI=1S/C11H13FO3/c1-7(6-10(13)14)8-4-3-5-9(12)11(8)15-2/h3-5,7H,6H2,1-2H3,(H,13,14). The van der Waals surface area contributed by atoms with Crippen LogP contribution in [0.4, 0.5) is 4.39 Å². The quantitative estimate of drug-likeness (QED) is 0.833. The molecule has 0 heterocycles. The van der Waals surface area contributed by atoms with Crippen molar-refractivity contribution < 1.29 is 19.0 Å². The van der Waals surface area contributed by atoms with Gasteiger partial charge in [-0.3, -0.25) is 4.79 Å². The van der Waals surface area contributed by atoms with Gasteiger partial charge in [-0.2, -0.15) is 0 Å². The molecule has 0 aliphatic heterocycles. The molecular weight excluding hydrogens is 199 g/mol. The molecule has 1 unspecified atom stereocenters. The maximum atomic E-state index is 13.3. The van der Waals surface area contributed by atoms with E-state index in [1.54, 1.807) is 19.1 Å². The maximum absolute atomic E-state index is 13.3. The molecule has 1 rings (SSSR count). The molecule has 4 heteroatoms. The van der Waals surface area contributed by atoms with Crippen LogP contribution in [-0.4, -0.2) is 18.2 Å². The van der Waals surface area contributed by atoms with Crippen molar-refractivity contribution in [3.63, 3.8) is 0 Å². The molecule has 0 amide bonds. The van der Waals surface area contributed by atoms with Crippen LogP contribution in [-0.2, 0) is 4.79 Å². The number of methoxy groups -OCH3 is 1. The third-order valence-electron chi connectivity index (χ3n) is 2.21. The predicted octanol–water partition coefficient (Wildman–Crippen LogP) is 2.41. The molecule has 0 radical (unpaired) electrons. The highest BCUT2D eigenvalue weighted by molar-refractivity contribution is 5.68. The first-order valence-corrected chi connectivity index (χ1v) is 4.60. The first-order valence-electron chi connectivity index (χ1n) is 4.60. The van der Waals surface area contributed by atoms with Crippen molar-refractivity contribution >= 4 is 5.97 Å². The SMILES string of the molecule is COc1c(F)cccc1C(C)CC(=O)O. The predicted molar refractivity (Wildman–Crippen MR) is 53.6 cm³/mol. The molecule has 1 aromatic carbocycles. The molecular formula is C11H13FO3. The van der Waals surface area contributed by atoms with Crippen LogP contribution in [0.15, 0.2) is 18.2 Å². The molecule has 0 bridgehead atoms. The van der Waals surface area contributed by atoms with Gasteiger partial charge >= 0.3 is 5.97 Å². The van der Waals surface area contributed by atoms with Gasteiger partial charge in [0.1, 0.15) is 0 Å². The molecule has 1 N–H and O–H groups in total. The van der Waals surface area contributed by atoms with Gasteiger partial charge in [0.15, 0.2) is 11.6 Å². The zero-order valence-electron chi connectivity index (χ0n) is 8.66. The second-order valence-corrected chi connectivity index (χ2v) is 3.36. The van der Waals surface area contributed by atoms with Crippen LogP contribution in [0.1, 0.15) is 24.8 Å². The van der Waals surface area contributed by atoms with Gasteiger partial charge in [0.2, 0.25) is 0 Å². The van der Waals surface area contributed by atoms with E-state index in [4.69, 9.17) is 9.84 Å². The van der Waals surface area contributed by atoms with Crippen molar-refractivity contribution in [1.29, 1.82) is 0 Å². The summed E-state index contributed by atoms with van der Waals surface area (Å²) in [6.45, 7) is 1.73. The minimum absolute atomic E-state index is 0.0419. The summed E-state index contributed by atoms with van der Waals surface area (Å²) in [6.07, 6.45) is -0.0419. The van der Waals surface area contributed by atoms with E-state index < -0.39 is 11.8 Å². The van der Waals surface area contributed by atoms with Crippen LogP contribution < -0.4 is 4.74 Å². The number of ether oxygens (including phenoxy) is 1. The lowest BCUT2D eigenvalue weighted by Crippen LogP contribution is -2.05. The maximum Gasteiger partial charge on any atom is 0.303 e. The van der Waals surface area contributed by atoms with E-state index in [2.05, 4.69) is 0 Å². The fraction of sp³-hybridized carbons (Fsp3) is 0.364. The minimum Gasteiger partial charge on any atom is -0.493 e. The highest BCUT2D eigenvalue weighted by Crippen LogP contribution is 2.30. The molecule has 15 heavy (non-hydrogen) atoms. The molecule has 1 aromatic rings. The number of carboxylic acids is 1. The number of hydrogen-bond donors (Lipinski definition) is 1. The van der Waals surface area contributed by atoms with E-state index in [1.165, 1.54) is 13.2 Å². The Kier molecular flexibility index (Phi) is 3.66. The third kappa shape index (κ3) is 2.68. The summed E-state index contributed by atoms with van der Waals surface area (Å²) in [4.78, 5) is 10.5. The highest BCUT2D eigenvalue weighted by atomic mass is 19.1. The lowest BCUT2D eigenvalue weighted by molar-refractivity contribution is -0.137. The van der Waals surface area contributed by atoms with Crippen LogP contribution in [0.5, 0.6) is 5.75 Å². The van der Waals surface area contributed by atoms with Crippen LogP contribution in [0.2, 0.25) is 0 Å². The number of hydrogen-bond acceptors (Lipinski definition) is 2. The number of rotatable bonds is 4.